The van der Waals surface area contributed by atoms with Gasteiger partial charge in [0.15, 0.2) is 0 Å². The summed E-state index contributed by atoms with van der Waals surface area (Å²) in [6.45, 7) is 1.97. The third-order valence-electron chi connectivity index (χ3n) is 6.07. The molecule has 0 bridgehead atoms. The van der Waals surface area contributed by atoms with Crippen LogP contribution in [0, 0.1) is 11.8 Å². The quantitative estimate of drug-likeness (QED) is 0.424. The van der Waals surface area contributed by atoms with Gasteiger partial charge >= 0.3 is 0 Å². The molecule has 0 amide bonds. The number of rotatable bonds is 8. The van der Waals surface area contributed by atoms with Crippen molar-refractivity contribution in [2.75, 3.05) is 6.67 Å². The highest BCUT2D eigenvalue weighted by atomic mass is 19.1. The summed E-state index contributed by atoms with van der Waals surface area (Å²) in [7, 11) is 0. The maximum absolute atomic E-state index is 12.2. The Hall–Kier alpha value is -1.89. The van der Waals surface area contributed by atoms with Crippen LogP contribution in [0.2, 0.25) is 0 Å². The molecule has 1 aliphatic carbocycles. The molecular formula is C26H33F. The standard InChI is InChI=1S/C26H33F/c1-2-21-12-16-25(17-13-21)26-18-14-24(15-19-26)11-10-23-8-6-22(7-9-23)5-3-4-20-27/h3,5,12-19,22-23H,2,4,6-11,20H2,1H3/t22-,23-. The lowest BCUT2D eigenvalue weighted by atomic mass is 9.79. The Balaban J connectivity index is 1.45. The van der Waals surface area contributed by atoms with Crippen LogP contribution in [0.25, 0.3) is 11.1 Å². The van der Waals surface area contributed by atoms with Gasteiger partial charge in [-0.1, -0.05) is 67.6 Å². The van der Waals surface area contributed by atoms with E-state index >= 15 is 0 Å². The number of allylic oxidation sites excluding steroid dienone is 2. The molecule has 0 aromatic heterocycles. The number of hydrogen-bond acceptors (Lipinski definition) is 0. The van der Waals surface area contributed by atoms with Gasteiger partial charge in [-0.2, -0.15) is 0 Å². The van der Waals surface area contributed by atoms with Crippen molar-refractivity contribution in [1.82, 2.24) is 0 Å². The van der Waals surface area contributed by atoms with Crippen LogP contribution in [0.15, 0.2) is 60.7 Å². The topological polar surface area (TPSA) is 0 Å². The largest absolute Gasteiger partial charge is 0.251 e. The molecule has 144 valence electrons. The van der Waals surface area contributed by atoms with Gasteiger partial charge in [0.2, 0.25) is 0 Å². The van der Waals surface area contributed by atoms with E-state index in [1.807, 2.05) is 6.08 Å². The molecule has 2 aromatic carbocycles. The van der Waals surface area contributed by atoms with Crippen LogP contribution >= 0.6 is 0 Å². The first-order valence-electron chi connectivity index (χ1n) is 10.7. The van der Waals surface area contributed by atoms with Crippen LogP contribution in [-0.2, 0) is 12.8 Å². The zero-order chi connectivity index (χ0) is 18.9. The summed E-state index contributed by atoms with van der Waals surface area (Å²) in [6, 6.07) is 18.1. The van der Waals surface area contributed by atoms with Crippen LogP contribution in [0.1, 0.15) is 56.6 Å². The average Bonchev–Trinajstić information content (AvgIpc) is 2.74. The monoisotopic (exact) mass is 364 g/mol. The Labute approximate surface area is 164 Å². The lowest BCUT2D eigenvalue weighted by Gasteiger charge is -2.26. The minimum Gasteiger partial charge on any atom is -0.251 e. The molecule has 0 spiro atoms. The highest BCUT2D eigenvalue weighted by Crippen LogP contribution is 2.32. The molecule has 0 N–H and O–H groups in total. The lowest BCUT2D eigenvalue weighted by Crippen LogP contribution is -2.13. The van der Waals surface area contributed by atoms with Gasteiger partial charge in [-0.05, 0) is 85.5 Å². The zero-order valence-corrected chi connectivity index (χ0v) is 16.7. The summed E-state index contributed by atoms with van der Waals surface area (Å²) in [4.78, 5) is 0. The number of hydrogen-bond donors (Lipinski definition) is 0. The van der Waals surface area contributed by atoms with Gasteiger partial charge in [0.1, 0.15) is 0 Å². The SMILES string of the molecule is CCc1ccc(-c2ccc(CC[C@H]3CC[C@H](C=CCCF)CC3)cc2)cc1. The summed E-state index contributed by atoms with van der Waals surface area (Å²) in [5.41, 5.74) is 5.46. The van der Waals surface area contributed by atoms with E-state index in [1.54, 1.807) is 0 Å². The van der Waals surface area contributed by atoms with Gasteiger partial charge in [0, 0.05) is 0 Å². The van der Waals surface area contributed by atoms with E-state index in [0.29, 0.717) is 12.3 Å². The smallest absolute Gasteiger partial charge is 0.0928 e. The zero-order valence-electron chi connectivity index (χ0n) is 16.7. The fourth-order valence-corrected chi connectivity index (χ4v) is 4.19. The van der Waals surface area contributed by atoms with Crippen LogP contribution < -0.4 is 0 Å². The van der Waals surface area contributed by atoms with Crippen LogP contribution in [-0.4, -0.2) is 6.67 Å². The summed E-state index contributed by atoms with van der Waals surface area (Å²) in [6.07, 6.45) is 13.6. The van der Waals surface area contributed by atoms with E-state index in [9.17, 15) is 4.39 Å². The molecule has 27 heavy (non-hydrogen) atoms. The van der Waals surface area contributed by atoms with E-state index in [2.05, 4.69) is 61.5 Å². The Kier molecular flexibility index (Phi) is 7.68. The van der Waals surface area contributed by atoms with Gasteiger partial charge < -0.3 is 0 Å². The molecule has 0 heterocycles. The molecule has 0 radical (unpaired) electrons. The molecule has 0 nitrogen and oxygen atoms in total. The lowest BCUT2D eigenvalue weighted by molar-refractivity contribution is 0.296. The number of halogens is 1. The molecular weight excluding hydrogens is 331 g/mol. The second-order valence-corrected chi connectivity index (χ2v) is 7.97. The Morgan fingerprint density at radius 3 is 2.00 bits per heavy atom. The Bertz CT molecular complexity index is 688. The van der Waals surface area contributed by atoms with Crippen molar-refractivity contribution in [2.45, 2.75) is 58.3 Å². The number of benzene rings is 2. The van der Waals surface area contributed by atoms with Crippen LogP contribution in [0.4, 0.5) is 4.39 Å². The van der Waals surface area contributed by atoms with Crippen LogP contribution in [0.3, 0.4) is 0 Å². The third kappa shape index (κ3) is 6.06. The first kappa shape index (κ1) is 19.9. The van der Waals surface area contributed by atoms with Gasteiger partial charge in [0.25, 0.3) is 0 Å². The molecule has 2 aromatic rings. The molecule has 1 aliphatic rings. The predicted octanol–water partition coefficient (Wildman–Crippen LogP) is 7.57. The van der Waals surface area contributed by atoms with Crippen molar-refractivity contribution in [3.8, 4) is 11.1 Å². The number of alkyl halides is 1. The van der Waals surface area contributed by atoms with Crippen molar-refractivity contribution in [1.29, 1.82) is 0 Å². The molecule has 0 atom stereocenters. The van der Waals surface area contributed by atoms with Crippen LogP contribution in [0.5, 0.6) is 0 Å². The Morgan fingerprint density at radius 2 is 1.44 bits per heavy atom. The second-order valence-electron chi connectivity index (χ2n) is 7.97. The van der Waals surface area contributed by atoms with Crippen molar-refractivity contribution in [2.24, 2.45) is 11.8 Å². The molecule has 0 unspecified atom stereocenters. The van der Waals surface area contributed by atoms with Gasteiger partial charge in [-0.25, -0.2) is 0 Å². The fraction of sp³-hybridized carbons (Fsp3) is 0.462. The summed E-state index contributed by atoms with van der Waals surface area (Å²) in [5.74, 6) is 1.54. The number of aryl methyl sites for hydroxylation is 2. The minimum atomic E-state index is -0.227. The van der Waals surface area contributed by atoms with Crippen molar-refractivity contribution < 1.29 is 4.39 Å². The fourth-order valence-electron chi connectivity index (χ4n) is 4.19. The van der Waals surface area contributed by atoms with E-state index < -0.39 is 0 Å². The first-order valence-corrected chi connectivity index (χ1v) is 10.7. The Morgan fingerprint density at radius 1 is 0.852 bits per heavy atom. The summed E-state index contributed by atoms with van der Waals surface area (Å²) < 4.78 is 12.2. The summed E-state index contributed by atoms with van der Waals surface area (Å²) >= 11 is 0. The van der Waals surface area contributed by atoms with Gasteiger partial charge in [0.05, 0.1) is 6.67 Å². The van der Waals surface area contributed by atoms with E-state index in [1.165, 1.54) is 60.8 Å². The average molecular weight is 365 g/mol. The van der Waals surface area contributed by atoms with Gasteiger partial charge in [-0.3, -0.25) is 4.39 Å². The highest BCUT2D eigenvalue weighted by Gasteiger charge is 2.19. The molecule has 1 heteroatoms. The minimum absolute atomic E-state index is 0.227. The molecule has 0 aliphatic heterocycles. The molecule has 1 saturated carbocycles. The molecule has 1 fully saturated rings. The van der Waals surface area contributed by atoms with E-state index in [0.717, 1.165) is 12.3 Å². The highest BCUT2D eigenvalue weighted by molar-refractivity contribution is 5.63. The third-order valence-corrected chi connectivity index (χ3v) is 6.07. The first-order chi connectivity index (χ1) is 13.3. The van der Waals surface area contributed by atoms with Crippen molar-refractivity contribution in [3.05, 3.63) is 71.8 Å². The van der Waals surface area contributed by atoms with Crippen molar-refractivity contribution >= 4 is 0 Å². The van der Waals surface area contributed by atoms with Gasteiger partial charge in [-0.15, -0.1) is 0 Å². The summed E-state index contributed by atoms with van der Waals surface area (Å²) in [5, 5.41) is 0. The maximum atomic E-state index is 12.2. The molecule has 3 rings (SSSR count). The predicted molar refractivity (Wildman–Crippen MR) is 115 cm³/mol. The maximum Gasteiger partial charge on any atom is 0.0928 e. The van der Waals surface area contributed by atoms with E-state index in [-0.39, 0.29) is 6.67 Å². The van der Waals surface area contributed by atoms with E-state index in [4.69, 9.17) is 0 Å². The molecule has 0 saturated heterocycles. The van der Waals surface area contributed by atoms with Crippen molar-refractivity contribution in [3.63, 3.8) is 0 Å². The normalized spacial score (nSPS) is 20.2. The second kappa shape index (κ2) is 10.4.